The molecule has 0 atom stereocenters. The molecule has 0 fully saturated rings. The minimum absolute atomic E-state index is 0.236. The Kier molecular flexibility index (Phi) is 3.37. The lowest BCUT2D eigenvalue weighted by Gasteiger charge is -2.41. The highest BCUT2D eigenvalue weighted by atomic mass is 14.7. The molecule has 1 aromatic heterocycles. The highest BCUT2D eigenvalue weighted by Crippen LogP contribution is 2.47. The van der Waals surface area contributed by atoms with Gasteiger partial charge in [0.2, 0.25) is 0 Å². The Morgan fingerprint density at radius 3 is 1.96 bits per heavy atom. The van der Waals surface area contributed by atoms with Crippen LogP contribution in [0.4, 0.5) is 0 Å². The summed E-state index contributed by atoms with van der Waals surface area (Å²) >= 11 is 0. The molecular weight excluding hydrogens is 326 g/mol. The highest BCUT2D eigenvalue weighted by molar-refractivity contribution is 6.09. The Morgan fingerprint density at radius 1 is 0.630 bits per heavy atom. The van der Waals surface area contributed by atoms with E-state index >= 15 is 0 Å². The van der Waals surface area contributed by atoms with E-state index in [4.69, 9.17) is 0 Å². The largest absolute Gasteiger partial charge is 0.355 e. The van der Waals surface area contributed by atoms with Crippen LogP contribution >= 0.6 is 0 Å². The predicted molar refractivity (Wildman–Crippen MR) is 117 cm³/mol. The molecule has 1 heterocycles. The average molecular weight is 354 g/mol. The summed E-state index contributed by atoms with van der Waals surface area (Å²) in [5, 5.41) is 2.68. The van der Waals surface area contributed by atoms with Gasteiger partial charge in [-0.2, -0.15) is 0 Å². The van der Waals surface area contributed by atoms with Crippen molar-refractivity contribution in [1.29, 1.82) is 0 Å². The van der Waals surface area contributed by atoms with E-state index in [0.717, 1.165) is 0 Å². The van der Waals surface area contributed by atoms with Gasteiger partial charge in [0.1, 0.15) is 0 Å². The second kappa shape index (κ2) is 5.48. The van der Waals surface area contributed by atoms with Crippen LogP contribution < -0.4 is 0 Å². The maximum atomic E-state index is 3.67. The van der Waals surface area contributed by atoms with Crippen LogP contribution in [0.3, 0.4) is 0 Å². The van der Waals surface area contributed by atoms with E-state index in [0.29, 0.717) is 0 Å². The van der Waals surface area contributed by atoms with Gasteiger partial charge in [0.05, 0.1) is 0 Å². The van der Waals surface area contributed by atoms with Gasteiger partial charge in [0, 0.05) is 21.8 Å². The van der Waals surface area contributed by atoms with Crippen molar-refractivity contribution in [2.45, 2.75) is 51.4 Å². The Hall–Kier alpha value is -2.54. The van der Waals surface area contributed by atoms with Crippen molar-refractivity contribution in [2.24, 2.45) is 0 Å². The number of benzene rings is 3. The molecule has 0 radical (unpaired) electrons. The van der Waals surface area contributed by atoms with E-state index in [1.54, 1.807) is 0 Å². The zero-order valence-corrected chi connectivity index (χ0v) is 16.7. The summed E-state index contributed by atoms with van der Waals surface area (Å²) in [4.78, 5) is 3.67. The van der Waals surface area contributed by atoms with Gasteiger partial charge in [-0.1, -0.05) is 64.1 Å². The Balaban J connectivity index is 1.79. The minimum Gasteiger partial charge on any atom is -0.355 e. The third kappa shape index (κ3) is 2.52. The van der Waals surface area contributed by atoms with E-state index in [-0.39, 0.29) is 10.8 Å². The molecule has 1 nitrogen and oxygen atoms in total. The second-order valence-corrected chi connectivity index (χ2v) is 9.46. The van der Waals surface area contributed by atoms with E-state index in [9.17, 15) is 0 Å². The van der Waals surface area contributed by atoms with Crippen LogP contribution in [0.5, 0.6) is 0 Å². The standard InChI is InChI=1S/C26H27N/c1-25(2)12-13-26(3,4)22-16-24-20(15-21(22)25)19-14-18(10-11-23(19)27-24)17-8-6-5-7-9-17/h5-11,14-16,27H,12-13H2,1-4H3. The van der Waals surface area contributed by atoms with Gasteiger partial charge >= 0.3 is 0 Å². The molecular formula is C26H27N. The summed E-state index contributed by atoms with van der Waals surface area (Å²) < 4.78 is 0. The predicted octanol–water partition coefficient (Wildman–Crippen LogP) is 7.34. The first-order valence-corrected chi connectivity index (χ1v) is 10.0. The van der Waals surface area contributed by atoms with Crippen LogP contribution in [0.25, 0.3) is 32.9 Å². The average Bonchev–Trinajstić information content (AvgIpc) is 3.02. The van der Waals surface area contributed by atoms with Gasteiger partial charge in [-0.05, 0) is 70.2 Å². The molecule has 0 saturated carbocycles. The van der Waals surface area contributed by atoms with Gasteiger partial charge in [0.15, 0.2) is 0 Å². The van der Waals surface area contributed by atoms with Crippen LogP contribution in [0.2, 0.25) is 0 Å². The number of aromatic amines is 1. The number of hydrogen-bond acceptors (Lipinski definition) is 0. The van der Waals surface area contributed by atoms with Crippen molar-refractivity contribution in [1.82, 2.24) is 4.98 Å². The fraction of sp³-hybridized carbons (Fsp3) is 0.308. The van der Waals surface area contributed by atoms with Crippen molar-refractivity contribution in [3.05, 3.63) is 71.8 Å². The Bertz CT molecular complexity index is 1160. The number of H-pyrrole nitrogens is 1. The summed E-state index contributed by atoms with van der Waals surface area (Å²) in [6.07, 6.45) is 2.49. The molecule has 1 N–H and O–H groups in total. The summed E-state index contributed by atoms with van der Waals surface area (Å²) in [5.74, 6) is 0. The number of aromatic nitrogens is 1. The summed E-state index contributed by atoms with van der Waals surface area (Å²) in [6, 6.07) is 22.3. The molecule has 1 heteroatoms. The lowest BCUT2D eigenvalue weighted by Crippen LogP contribution is -2.33. The summed E-state index contributed by atoms with van der Waals surface area (Å²) in [5.41, 5.74) is 8.56. The number of hydrogen-bond donors (Lipinski definition) is 1. The van der Waals surface area contributed by atoms with E-state index in [1.165, 1.54) is 56.9 Å². The first-order valence-electron chi connectivity index (χ1n) is 10.0. The molecule has 0 unspecified atom stereocenters. The normalized spacial score (nSPS) is 17.9. The maximum absolute atomic E-state index is 3.67. The lowest BCUT2D eigenvalue weighted by atomic mass is 9.63. The molecule has 1 aliphatic carbocycles. The van der Waals surface area contributed by atoms with Crippen LogP contribution in [-0.4, -0.2) is 4.98 Å². The summed E-state index contributed by atoms with van der Waals surface area (Å²) in [7, 11) is 0. The number of nitrogens with one attached hydrogen (secondary N) is 1. The monoisotopic (exact) mass is 353 g/mol. The Labute approximate surface area is 161 Å². The first-order chi connectivity index (χ1) is 12.9. The zero-order valence-electron chi connectivity index (χ0n) is 16.7. The van der Waals surface area contributed by atoms with E-state index < -0.39 is 0 Å². The quantitative estimate of drug-likeness (QED) is 0.368. The zero-order chi connectivity index (χ0) is 18.8. The third-order valence-corrected chi connectivity index (χ3v) is 6.68. The van der Waals surface area contributed by atoms with Gasteiger partial charge in [-0.3, -0.25) is 0 Å². The Morgan fingerprint density at radius 2 is 1.26 bits per heavy atom. The van der Waals surface area contributed by atoms with Crippen molar-refractivity contribution < 1.29 is 0 Å². The molecule has 0 bridgehead atoms. The van der Waals surface area contributed by atoms with Crippen LogP contribution in [0.1, 0.15) is 51.7 Å². The molecule has 136 valence electrons. The van der Waals surface area contributed by atoms with E-state index in [1.807, 2.05) is 0 Å². The van der Waals surface area contributed by atoms with Crippen molar-refractivity contribution >= 4 is 21.8 Å². The summed E-state index contributed by atoms with van der Waals surface area (Å²) in [6.45, 7) is 9.58. The van der Waals surface area contributed by atoms with Crippen molar-refractivity contribution in [3.63, 3.8) is 0 Å². The van der Waals surface area contributed by atoms with Gasteiger partial charge < -0.3 is 4.98 Å². The molecule has 4 aromatic rings. The highest BCUT2D eigenvalue weighted by Gasteiger charge is 2.37. The molecule has 0 aliphatic heterocycles. The molecule has 1 aliphatic rings. The fourth-order valence-corrected chi connectivity index (χ4v) is 4.77. The van der Waals surface area contributed by atoms with Gasteiger partial charge in [-0.15, -0.1) is 0 Å². The number of rotatable bonds is 1. The van der Waals surface area contributed by atoms with Crippen LogP contribution in [0, 0.1) is 0 Å². The molecule has 0 spiro atoms. The molecule has 3 aromatic carbocycles. The molecule has 0 saturated heterocycles. The van der Waals surface area contributed by atoms with Gasteiger partial charge in [-0.25, -0.2) is 0 Å². The van der Waals surface area contributed by atoms with Crippen LogP contribution in [-0.2, 0) is 10.8 Å². The smallest absolute Gasteiger partial charge is 0.0468 e. The fourth-order valence-electron chi connectivity index (χ4n) is 4.77. The first kappa shape index (κ1) is 16.6. The van der Waals surface area contributed by atoms with Gasteiger partial charge in [0.25, 0.3) is 0 Å². The van der Waals surface area contributed by atoms with Crippen LogP contribution in [0.15, 0.2) is 60.7 Å². The maximum Gasteiger partial charge on any atom is 0.0468 e. The topological polar surface area (TPSA) is 15.8 Å². The molecule has 5 rings (SSSR count). The molecule has 27 heavy (non-hydrogen) atoms. The number of fused-ring (bicyclic) bond motifs is 4. The van der Waals surface area contributed by atoms with Crippen molar-refractivity contribution in [2.75, 3.05) is 0 Å². The molecule has 0 amide bonds. The van der Waals surface area contributed by atoms with E-state index in [2.05, 4.69) is 93.3 Å². The van der Waals surface area contributed by atoms with Crippen molar-refractivity contribution in [3.8, 4) is 11.1 Å². The lowest BCUT2D eigenvalue weighted by molar-refractivity contribution is 0.332. The second-order valence-electron chi connectivity index (χ2n) is 9.46. The minimum atomic E-state index is 0.236. The third-order valence-electron chi connectivity index (χ3n) is 6.68. The SMILES string of the molecule is CC1(C)CCC(C)(C)c2cc3c(cc21)[nH]c1ccc(-c2ccccc2)cc13.